The van der Waals surface area contributed by atoms with Crippen molar-refractivity contribution in [2.45, 2.75) is 19.8 Å². The van der Waals surface area contributed by atoms with Crippen molar-refractivity contribution in [1.29, 1.82) is 0 Å². The fourth-order valence-corrected chi connectivity index (χ4v) is 2.86. The van der Waals surface area contributed by atoms with Gasteiger partial charge in [-0.15, -0.1) is 0 Å². The maximum Gasteiger partial charge on any atom is 0.353 e. The maximum atomic E-state index is 11.9. The first-order chi connectivity index (χ1) is 12.6. The predicted molar refractivity (Wildman–Crippen MR) is 95.8 cm³/mol. The van der Waals surface area contributed by atoms with Crippen molar-refractivity contribution < 1.29 is 14.5 Å². The topological polar surface area (TPSA) is 110 Å². The number of aromatic nitrogens is 2. The third-order valence-corrected chi connectivity index (χ3v) is 4.03. The molecule has 0 unspecified atom stereocenters. The van der Waals surface area contributed by atoms with Crippen LogP contribution in [-0.4, -0.2) is 40.6 Å². The lowest BCUT2D eigenvalue weighted by molar-refractivity contribution is -0.383. The van der Waals surface area contributed by atoms with Gasteiger partial charge >= 0.3 is 11.7 Å². The second-order valence-corrected chi connectivity index (χ2v) is 5.77. The van der Waals surface area contributed by atoms with E-state index in [0.29, 0.717) is 17.1 Å². The van der Waals surface area contributed by atoms with Crippen molar-refractivity contribution in [3.8, 4) is 0 Å². The van der Waals surface area contributed by atoms with E-state index in [4.69, 9.17) is 4.74 Å². The summed E-state index contributed by atoms with van der Waals surface area (Å²) in [7, 11) is 0. The number of carbonyl (C=O) groups excluding carboxylic acids is 1. The normalized spacial score (nSPS) is 13.5. The van der Waals surface area contributed by atoms with E-state index in [1.165, 1.54) is 6.33 Å². The van der Waals surface area contributed by atoms with Crippen LogP contribution in [0.1, 0.15) is 30.1 Å². The average Bonchev–Trinajstić information content (AvgIpc) is 3.16. The molecule has 0 spiro atoms. The van der Waals surface area contributed by atoms with Crippen LogP contribution < -0.4 is 10.2 Å². The van der Waals surface area contributed by atoms with Gasteiger partial charge in [0.2, 0.25) is 11.6 Å². The Bertz CT molecular complexity index is 821. The zero-order chi connectivity index (χ0) is 18.5. The summed E-state index contributed by atoms with van der Waals surface area (Å²) in [4.78, 5) is 33.0. The molecular weight excluding hydrogens is 338 g/mol. The Hall–Kier alpha value is -3.23. The number of nitrogens with zero attached hydrogens (tertiary/aromatic N) is 4. The quantitative estimate of drug-likeness (QED) is 0.477. The first-order valence-corrected chi connectivity index (χ1v) is 8.38. The highest BCUT2D eigenvalue weighted by atomic mass is 16.6. The molecule has 9 heteroatoms. The van der Waals surface area contributed by atoms with Crippen molar-refractivity contribution in [2.75, 3.05) is 29.9 Å². The van der Waals surface area contributed by atoms with Crippen LogP contribution in [0.5, 0.6) is 0 Å². The molecule has 2 heterocycles. The molecule has 1 aromatic heterocycles. The van der Waals surface area contributed by atoms with Crippen molar-refractivity contribution in [1.82, 2.24) is 9.97 Å². The molecule has 0 saturated carbocycles. The number of benzene rings is 1. The van der Waals surface area contributed by atoms with Gasteiger partial charge in [0.15, 0.2) is 0 Å². The molecule has 1 aromatic carbocycles. The zero-order valence-electron chi connectivity index (χ0n) is 14.3. The number of nitro groups is 1. The summed E-state index contributed by atoms with van der Waals surface area (Å²) in [6.07, 6.45) is 3.26. The SMILES string of the molecule is CCOC(=O)c1cccc(Nc2ncnc(N3CCCC3)c2[N+](=O)[O-])c1. The van der Waals surface area contributed by atoms with Crippen molar-refractivity contribution in [3.63, 3.8) is 0 Å². The van der Waals surface area contributed by atoms with Gasteiger partial charge in [-0.1, -0.05) is 6.07 Å². The summed E-state index contributed by atoms with van der Waals surface area (Å²) < 4.78 is 4.97. The highest BCUT2D eigenvalue weighted by molar-refractivity contribution is 5.91. The number of rotatable bonds is 6. The Balaban J connectivity index is 1.92. The monoisotopic (exact) mass is 357 g/mol. The van der Waals surface area contributed by atoms with Crippen LogP contribution in [0.3, 0.4) is 0 Å². The lowest BCUT2D eigenvalue weighted by Crippen LogP contribution is -2.21. The molecule has 136 valence electrons. The number of hydrogen-bond donors (Lipinski definition) is 1. The predicted octanol–water partition coefficient (Wildman–Crippen LogP) is 2.91. The number of anilines is 3. The minimum absolute atomic E-state index is 0.0907. The van der Waals surface area contributed by atoms with Gasteiger partial charge in [0.1, 0.15) is 6.33 Å². The van der Waals surface area contributed by atoms with E-state index < -0.39 is 10.9 Å². The van der Waals surface area contributed by atoms with E-state index in [9.17, 15) is 14.9 Å². The summed E-state index contributed by atoms with van der Waals surface area (Å²) in [5.74, 6) is -0.0504. The third-order valence-electron chi connectivity index (χ3n) is 4.03. The molecule has 1 aliphatic heterocycles. The Morgan fingerprint density at radius 2 is 2.12 bits per heavy atom. The van der Waals surface area contributed by atoms with Crippen LogP contribution in [0.25, 0.3) is 0 Å². The lowest BCUT2D eigenvalue weighted by atomic mass is 10.2. The number of esters is 1. The van der Waals surface area contributed by atoms with Crippen LogP contribution in [0.4, 0.5) is 23.0 Å². The molecule has 2 aromatic rings. The van der Waals surface area contributed by atoms with Gasteiger partial charge in [0.25, 0.3) is 0 Å². The van der Waals surface area contributed by atoms with Crippen LogP contribution in [-0.2, 0) is 4.74 Å². The molecule has 1 fully saturated rings. The van der Waals surface area contributed by atoms with E-state index in [2.05, 4.69) is 15.3 Å². The summed E-state index contributed by atoms with van der Waals surface area (Å²) in [6, 6.07) is 6.56. The molecule has 9 nitrogen and oxygen atoms in total. The number of nitrogens with one attached hydrogen (secondary N) is 1. The number of carbonyl (C=O) groups is 1. The highest BCUT2D eigenvalue weighted by Gasteiger charge is 2.28. The van der Waals surface area contributed by atoms with E-state index in [0.717, 1.165) is 25.9 Å². The maximum absolute atomic E-state index is 11.9. The Morgan fingerprint density at radius 1 is 1.35 bits per heavy atom. The fourth-order valence-electron chi connectivity index (χ4n) is 2.86. The molecule has 0 bridgehead atoms. The Labute approximate surface area is 150 Å². The standard InChI is InChI=1S/C17H19N5O4/c1-2-26-17(23)12-6-5-7-13(10-12)20-15-14(22(24)25)16(19-11-18-15)21-8-3-4-9-21/h5-7,10-11H,2-4,8-9H2,1H3,(H,18,19,20). The summed E-state index contributed by atoms with van der Waals surface area (Å²) >= 11 is 0. The van der Waals surface area contributed by atoms with E-state index in [-0.39, 0.29) is 18.1 Å². The summed E-state index contributed by atoms with van der Waals surface area (Å²) in [5, 5.41) is 14.6. The Kier molecular flexibility index (Phi) is 5.26. The van der Waals surface area contributed by atoms with E-state index in [1.807, 2.05) is 4.90 Å². The van der Waals surface area contributed by atoms with E-state index >= 15 is 0 Å². The van der Waals surface area contributed by atoms with Crippen LogP contribution in [0, 0.1) is 10.1 Å². The first kappa shape index (κ1) is 17.6. The molecule has 26 heavy (non-hydrogen) atoms. The zero-order valence-corrected chi connectivity index (χ0v) is 14.3. The smallest absolute Gasteiger partial charge is 0.353 e. The largest absolute Gasteiger partial charge is 0.462 e. The van der Waals surface area contributed by atoms with Gasteiger partial charge in [-0.2, -0.15) is 0 Å². The van der Waals surface area contributed by atoms with Gasteiger partial charge in [-0.3, -0.25) is 10.1 Å². The van der Waals surface area contributed by atoms with Crippen molar-refractivity contribution in [3.05, 3.63) is 46.3 Å². The van der Waals surface area contributed by atoms with Gasteiger partial charge in [-0.05, 0) is 38.0 Å². The molecular formula is C17H19N5O4. The van der Waals surface area contributed by atoms with Gasteiger partial charge < -0.3 is 15.0 Å². The molecule has 1 aliphatic rings. The first-order valence-electron chi connectivity index (χ1n) is 8.38. The van der Waals surface area contributed by atoms with Gasteiger partial charge in [0, 0.05) is 18.8 Å². The second-order valence-electron chi connectivity index (χ2n) is 5.77. The highest BCUT2D eigenvalue weighted by Crippen LogP contribution is 2.35. The molecule has 3 rings (SSSR count). The second kappa shape index (κ2) is 7.77. The molecule has 0 radical (unpaired) electrons. The molecule has 0 atom stereocenters. The van der Waals surface area contributed by atoms with Gasteiger partial charge in [0.05, 0.1) is 17.1 Å². The molecule has 0 aliphatic carbocycles. The van der Waals surface area contributed by atoms with Crippen LogP contribution >= 0.6 is 0 Å². The molecule has 1 N–H and O–H groups in total. The van der Waals surface area contributed by atoms with Crippen molar-refractivity contribution >= 4 is 29.0 Å². The third kappa shape index (κ3) is 3.71. The number of ether oxygens (including phenoxy) is 1. The summed E-state index contributed by atoms with van der Waals surface area (Å²) in [5.41, 5.74) is 0.689. The van der Waals surface area contributed by atoms with Gasteiger partial charge in [-0.25, -0.2) is 14.8 Å². The minimum atomic E-state index is -0.481. The average molecular weight is 357 g/mol. The Morgan fingerprint density at radius 3 is 2.81 bits per heavy atom. The van der Waals surface area contributed by atoms with Crippen LogP contribution in [0.2, 0.25) is 0 Å². The van der Waals surface area contributed by atoms with Crippen molar-refractivity contribution in [2.24, 2.45) is 0 Å². The molecule has 1 saturated heterocycles. The lowest BCUT2D eigenvalue weighted by Gasteiger charge is -2.17. The summed E-state index contributed by atoms with van der Waals surface area (Å²) in [6.45, 7) is 3.46. The molecule has 0 amide bonds. The van der Waals surface area contributed by atoms with E-state index in [1.54, 1.807) is 31.2 Å². The van der Waals surface area contributed by atoms with Crippen LogP contribution in [0.15, 0.2) is 30.6 Å². The number of hydrogen-bond acceptors (Lipinski definition) is 8. The minimum Gasteiger partial charge on any atom is -0.462 e. The fraction of sp³-hybridized carbons (Fsp3) is 0.353.